The lowest BCUT2D eigenvalue weighted by molar-refractivity contribution is -0.186. The number of halogens is 3. The number of alkyl halides is 3. The number of amides is 1. The first-order chi connectivity index (χ1) is 11.8. The van der Waals surface area contributed by atoms with E-state index < -0.39 is 37.3 Å². The van der Waals surface area contributed by atoms with Gasteiger partial charge in [-0.15, -0.1) is 0 Å². The lowest BCUT2D eigenvalue weighted by Crippen LogP contribution is -2.43. The SMILES string of the molecule is O=C(N(CCO)Cc1cc2cc3c(cc2[nH]c1=O)OCO3)C(F)(F)F. The molecule has 1 aliphatic rings. The van der Waals surface area contributed by atoms with Crippen LogP contribution in [0.4, 0.5) is 13.2 Å². The van der Waals surface area contributed by atoms with Gasteiger partial charge in [-0.25, -0.2) is 0 Å². The number of aromatic amines is 1. The van der Waals surface area contributed by atoms with Gasteiger partial charge in [0.15, 0.2) is 11.5 Å². The van der Waals surface area contributed by atoms with Crippen molar-refractivity contribution in [1.29, 1.82) is 0 Å². The lowest BCUT2D eigenvalue weighted by atomic mass is 10.1. The fourth-order valence-corrected chi connectivity index (χ4v) is 2.52. The summed E-state index contributed by atoms with van der Waals surface area (Å²) in [6.07, 6.45) is -5.09. The molecule has 25 heavy (non-hydrogen) atoms. The van der Waals surface area contributed by atoms with Crippen LogP contribution in [0.2, 0.25) is 0 Å². The van der Waals surface area contributed by atoms with Gasteiger partial charge in [-0.1, -0.05) is 0 Å². The van der Waals surface area contributed by atoms with Gasteiger partial charge in [0.25, 0.3) is 5.56 Å². The Hall–Kier alpha value is -2.75. The maximum absolute atomic E-state index is 12.6. The number of aliphatic hydroxyl groups excluding tert-OH is 1. The molecule has 0 atom stereocenters. The van der Waals surface area contributed by atoms with Gasteiger partial charge in [-0.2, -0.15) is 13.2 Å². The normalized spacial score (nSPS) is 13.3. The van der Waals surface area contributed by atoms with Crippen LogP contribution >= 0.6 is 0 Å². The van der Waals surface area contributed by atoms with E-state index in [4.69, 9.17) is 14.6 Å². The van der Waals surface area contributed by atoms with Crippen LogP contribution in [0.3, 0.4) is 0 Å². The molecule has 0 fully saturated rings. The van der Waals surface area contributed by atoms with E-state index in [1.165, 1.54) is 6.07 Å². The predicted octanol–water partition coefficient (Wildman–Crippen LogP) is 1.14. The molecule has 2 N–H and O–H groups in total. The molecule has 0 radical (unpaired) electrons. The largest absolute Gasteiger partial charge is 0.471 e. The molecule has 7 nitrogen and oxygen atoms in total. The minimum Gasteiger partial charge on any atom is -0.454 e. The van der Waals surface area contributed by atoms with Gasteiger partial charge in [-0.05, 0) is 12.1 Å². The number of nitrogens with zero attached hydrogens (tertiary/aromatic N) is 1. The summed E-state index contributed by atoms with van der Waals surface area (Å²) in [7, 11) is 0. The van der Waals surface area contributed by atoms with Gasteiger partial charge in [0.1, 0.15) is 0 Å². The van der Waals surface area contributed by atoms with Crippen LogP contribution in [-0.4, -0.2) is 47.0 Å². The molecule has 0 spiro atoms. The summed E-state index contributed by atoms with van der Waals surface area (Å²) in [5, 5.41) is 9.41. The summed E-state index contributed by atoms with van der Waals surface area (Å²) in [5.74, 6) is -1.22. The number of aromatic nitrogens is 1. The predicted molar refractivity (Wildman–Crippen MR) is 79.2 cm³/mol. The lowest BCUT2D eigenvalue weighted by Gasteiger charge is -2.22. The van der Waals surface area contributed by atoms with E-state index in [0.717, 1.165) is 0 Å². The molecular weight excluding hydrogens is 345 g/mol. The van der Waals surface area contributed by atoms with Crippen LogP contribution in [0.15, 0.2) is 23.0 Å². The van der Waals surface area contributed by atoms with Crippen molar-refractivity contribution in [2.75, 3.05) is 19.9 Å². The van der Waals surface area contributed by atoms with Crippen molar-refractivity contribution in [2.45, 2.75) is 12.7 Å². The molecule has 0 bridgehead atoms. The Bertz CT molecular complexity index is 878. The standard InChI is InChI=1S/C15H13F3N2O5/c16-15(17,18)14(23)20(1-2-21)6-9-3-8-4-11-12(25-7-24-11)5-10(8)19-13(9)22/h3-5,21H,1-2,6-7H2,(H,19,22). The molecule has 0 aliphatic carbocycles. The average molecular weight is 358 g/mol. The zero-order valence-electron chi connectivity index (χ0n) is 12.7. The topological polar surface area (TPSA) is 91.9 Å². The summed E-state index contributed by atoms with van der Waals surface area (Å²) in [6, 6.07) is 4.51. The van der Waals surface area contributed by atoms with Crippen LogP contribution in [0, 0.1) is 0 Å². The van der Waals surface area contributed by atoms with Gasteiger partial charge in [0.2, 0.25) is 6.79 Å². The number of hydrogen-bond acceptors (Lipinski definition) is 5. The fraction of sp³-hybridized carbons (Fsp3) is 0.333. The third-order valence-corrected chi connectivity index (χ3v) is 3.68. The van der Waals surface area contributed by atoms with Gasteiger partial charge >= 0.3 is 12.1 Å². The summed E-state index contributed by atoms with van der Waals surface area (Å²) < 4.78 is 48.3. The minimum atomic E-state index is -5.09. The molecule has 1 aromatic carbocycles. The summed E-state index contributed by atoms with van der Waals surface area (Å²) in [6.45, 7) is -1.76. The van der Waals surface area contributed by atoms with E-state index in [1.807, 2.05) is 0 Å². The number of hydrogen-bond donors (Lipinski definition) is 2. The quantitative estimate of drug-likeness (QED) is 0.855. The van der Waals surface area contributed by atoms with Gasteiger partial charge in [0.05, 0.1) is 18.7 Å². The number of pyridine rings is 1. The second-order valence-corrected chi connectivity index (χ2v) is 5.36. The number of fused-ring (bicyclic) bond motifs is 2. The van der Waals surface area contributed by atoms with Crippen LogP contribution in [0.1, 0.15) is 5.56 Å². The van der Waals surface area contributed by atoms with E-state index in [2.05, 4.69) is 4.98 Å². The van der Waals surface area contributed by atoms with Crippen molar-refractivity contribution in [2.24, 2.45) is 0 Å². The fourth-order valence-electron chi connectivity index (χ4n) is 2.52. The summed E-state index contributed by atoms with van der Waals surface area (Å²) in [5.41, 5.74) is -0.254. The highest BCUT2D eigenvalue weighted by Gasteiger charge is 2.42. The van der Waals surface area contributed by atoms with E-state index >= 15 is 0 Å². The van der Waals surface area contributed by atoms with E-state index in [9.17, 15) is 22.8 Å². The molecule has 2 heterocycles. The number of rotatable bonds is 4. The number of carbonyl (C=O) groups is 1. The molecule has 1 aromatic heterocycles. The van der Waals surface area contributed by atoms with Crippen LogP contribution in [0.5, 0.6) is 11.5 Å². The first kappa shape index (κ1) is 17.1. The maximum Gasteiger partial charge on any atom is 0.471 e. The third kappa shape index (κ3) is 3.38. The number of aliphatic hydroxyl groups is 1. The molecule has 134 valence electrons. The van der Waals surface area contributed by atoms with Crippen LogP contribution in [0.25, 0.3) is 10.9 Å². The molecule has 3 rings (SSSR count). The third-order valence-electron chi connectivity index (χ3n) is 3.68. The molecular formula is C15H13F3N2O5. The molecule has 0 saturated carbocycles. The summed E-state index contributed by atoms with van der Waals surface area (Å²) in [4.78, 5) is 26.5. The molecule has 0 saturated heterocycles. The molecule has 1 aliphatic heterocycles. The van der Waals surface area contributed by atoms with Crippen molar-refractivity contribution in [3.8, 4) is 11.5 Å². The number of H-pyrrole nitrogens is 1. The Kier molecular flexibility index (Phi) is 4.29. The van der Waals surface area contributed by atoms with E-state index in [0.29, 0.717) is 27.3 Å². The van der Waals surface area contributed by atoms with Gasteiger partial charge < -0.3 is 24.5 Å². The van der Waals surface area contributed by atoms with Gasteiger partial charge in [0, 0.05) is 23.6 Å². The number of carbonyl (C=O) groups excluding carboxylic acids is 1. The molecule has 0 unspecified atom stereocenters. The maximum atomic E-state index is 12.6. The number of ether oxygens (including phenoxy) is 2. The Morgan fingerprint density at radius 2 is 1.92 bits per heavy atom. The zero-order chi connectivity index (χ0) is 18.2. The Morgan fingerprint density at radius 3 is 2.56 bits per heavy atom. The van der Waals surface area contributed by atoms with Crippen molar-refractivity contribution in [1.82, 2.24) is 9.88 Å². The van der Waals surface area contributed by atoms with Crippen LogP contribution < -0.4 is 15.0 Å². The Morgan fingerprint density at radius 1 is 1.24 bits per heavy atom. The number of nitrogens with one attached hydrogen (secondary N) is 1. The molecule has 2 aromatic rings. The first-order valence-electron chi connectivity index (χ1n) is 7.22. The second kappa shape index (κ2) is 6.28. The monoisotopic (exact) mass is 358 g/mol. The Balaban J connectivity index is 1.97. The minimum absolute atomic E-state index is 0.0348. The smallest absolute Gasteiger partial charge is 0.454 e. The second-order valence-electron chi connectivity index (χ2n) is 5.36. The molecule has 10 heteroatoms. The van der Waals surface area contributed by atoms with Crippen molar-refractivity contribution < 1.29 is 32.5 Å². The van der Waals surface area contributed by atoms with Crippen molar-refractivity contribution in [3.05, 3.63) is 34.1 Å². The van der Waals surface area contributed by atoms with Crippen LogP contribution in [-0.2, 0) is 11.3 Å². The van der Waals surface area contributed by atoms with E-state index in [-0.39, 0.29) is 12.4 Å². The summed E-state index contributed by atoms with van der Waals surface area (Å²) >= 11 is 0. The van der Waals surface area contributed by atoms with Crippen molar-refractivity contribution in [3.63, 3.8) is 0 Å². The van der Waals surface area contributed by atoms with E-state index in [1.54, 1.807) is 12.1 Å². The first-order valence-corrected chi connectivity index (χ1v) is 7.22. The number of benzene rings is 1. The zero-order valence-corrected chi connectivity index (χ0v) is 12.7. The highest BCUT2D eigenvalue weighted by Crippen LogP contribution is 2.35. The van der Waals surface area contributed by atoms with Crippen molar-refractivity contribution >= 4 is 16.8 Å². The Labute approximate surface area is 138 Å². The highest BCUT2D eigenvalue weighted by atomic mass is 19.4. The molecule has 1 amide bonds. The average Bonchev–Trinajstić information content (AvgIpc) is 2.98. The highest BCUT2D eigenvalue weighted by molar-refractivity contribution is 5.84. The van der Waals surface area contributed by atoms with Gasteiger partial charge in [-0.3, -0.25) is 9.59 Å².